The van der Waals surface area contributed by atoms with Crippen molar-refractivity contribution in [3.63, 3.8) is 0 Å². The molecule has 0 saturated carbocycles. The molecule has 0 radical (unpaired) electrons. The standard InChI is InChI=1S/C14H29BrOSi/c1-8-10-14(5,11-9-12-15)16-17(6,7)13(2,3)4/h9,11H,8,10,12H2,1-7H3. The van der Waals surface area contributed by atoms with Gasteiger partial charge < -0.3 is 4.43 Å². The van der Waals surface area contributed by atoms with E-state index in [1.807, 2.05) is 0 Å². The molecule has 0 amide bonds. The minimum Gasteiger partial charge on any atom is -0.408 e. The first-order valence-electron chi connectivity index (χ1n) is 6.52. The van der Waals surface area contributed by atoms with Crippen molar-refractivity contribution in [1.29, 1.82) is 0 Å². The topological polar surface area (TPSA) is 9.23 Å². The fourth-order valence-corrected chi connectivity index (χ4v) is 3.52. The summed E-state index contributed by atoms with van der Waals surface area (Å²) in [5.74, 6) is 0. The molecule has 1 nitrogen and oxygen atoms in total. The Kier molecular flexibility index (Phi) is 6.68. The van der Waals surface area contributed by atoms with E-state index < -0.39 is 8.32 Å². The number of hydrogen-bond donors (Lipinski definition) is 0. The Labute approximate surface area is 117 Å². The van der Waals surface area contributed by atoms with Crippen molar-refractivity contribution >= 4 is 24.2 Å². The summed E-state index contributed by atoms with van der Waals surface area (Å²) in [6, 6.07) is 0. The van der Waals surface area contributed by atoms with Crippen LogP contribution in [0.2, 0.25) is 18.1 Å². The van der Waals surface area contributed by atoms with Gasteiger partial charge in [0.1, 0.15) is 0 Å². The van der Waals surface area contributed by atoms with Gasteiger partial charge in [0.05, 0.1) is 5.60 Å². The van der Waals surface area contributed by atoms with Crippen LogP contribution in [0.15, 0.2) is 12.2 Å². The molecule has 0 saturated heterocycles. The maximum Gasteiger partial charge on any atom is 0.193 e. The average Bonchev–Trinajstić information content (AvgIpc) is 2.12. The lowest BCUT2D eigenvalue weighted by Gasteiger charge is -2.43. The summed E-state index contributed by atoms with van der Waals surface area (Å²) in [4.78, 5) is 0. The number of alkyl halides is 1. The highest BCUT2D eigenvalue weighted by Crippen LogP contribution is 2.40. The minimum atomic E-state index is -1.69. The molecule has 0 fully saturated rings. The Morgan fingerprint density at radius 1 is 1.18 bits per heavy atom. The van der Waals surface area contributed by atoms with Crippen LogP contribution in [-0.4, -0.2) is 19.2 Å². The van der Waals surface area contributed by atoms with Crippen LogP contribution < -0.4 is 0 Å². The molecule has 1 unspecified atom stereocenters. The second-order valence-electron chi connectivity index (χ2n) is 6.48. The average molecular weight is 321 g/mol. The second-order valence-corrected chi connectivity index (χ2v) is 11.9. The maximum atomic E-state index is 6.56. The highest BCUT2D eigenvalue weighted by molar-refractivity contribution is 9.09. The molecule has 0 heterocycles. The quantitative estimate of drug-likeness (QED) is 0.356. The van der Waals surface area contributed by atoms with Crippen molar-refractivity contribution in [3.05, 3.63) is 12.2 Å². The molecule has 0 aliphatic heterocycles. The lowest BCUT2D eigenvalue weighted by atomic mass is 10.0. The molecule has 0 bridgehead atoms. The molecular weight excluding hydrogens is 292 g/mol. The van der Waals surface area contributed by atoms with Gasteiger partial charge in [-0.05, 0) is 31.5 Å². The molecular formula is C14H29BrOSi. The van der Waals surface area contributed by atoms with Crippen LogP contribution in [0, 0.1) is 0 Å². The number of halogens is 1. The number of hydrogen-bond acceptors (Lipinski definition) is 1. The van der Waals surface area contributed by atoms with Gasteiger partial charge in [0.25, 0.3) is 0 Å². The van der Waals surface area contributed by atoms with E-state index in [4.69, 9.17) is 4.43 Å². The van der Waals surface area contributed by atoms with E-state index in [9.17, 15) is 0 Å². The van der Waals surface area contributed by atoms with E-state index in [-0.39, 0.29) is 10.6 Å². The molecule has 1 atom stereocenters. The summed E-state index contributed by atoms with van der Waals surface area (Å²) < 4.78 is 6.56. The van der Waals surface area contributed by atoms with Gasteiger partial charge in [-0.1, -0.05) is 62.2 Å². The summed E-state index contributed by atoms with van der Waals surface area (Å²) in [5.41, 5.74) is -0.106. The molecule has 0 N–H and O–H groups in total. The molecule has 0 aromatic rings. The van der Waals surface area contributed by atoms with Crippen molar-refractivity contribution < 1.29 is 4.43 Å². The van der Waals surface area contributed by atoms with Crippen LogP contribution in [0.1, 0.15) is 47.5 Å². The molecule has 0 aliphatic carbocycles. The predicted molar refractivity (Wildman–Crippen MR) is 84.5 cm³/mol. The summed E-state index contributed by atoms with van der Waals surface area (Å²) in [6.07, 6.45) is 6.62. The van der Waals surface area contributed by atoms with Gasteiger partial charge in [-0.3, -0.25) is 0 Å². The van der Waals surface area contributed by atoms with Crippen molar-refractivity contribution in [2.75, 3.05) is 5.33 Å². The third-order valence-corrected chi connectivity index (χ3v) is 8.56. The first kappa shape index (κ1) is 17.4. The van der Waals surface area contributed by atoms with E-state index in [1.54, 1.807) is 0 Å². The Morgan fingerprint density at radius 3 is 2.06 bits per heavy atom. The Hall–Kier alpha value is 0.397. The molecule has 0 aliphatic rings. The highest BCUT2D eigenvalue weighted by atomic mass is 79.9. The van der Waals surface area contributed by atoms with Gasteiger partial charge >= 0.3 is 0 Å². The van der Waals surface area contributed by atoms with Gasteiger partial charge in [-0.15, -0.1) is 0 Å². The third kappa shape index (κ3) is 5.71. The molecule has 17 heavy (non-hydrogen) atoms. The fourth-order valence-electron chi connectivity index (χ4n) is 1.69. The molecule has 3 heteroatoms. The minimum absolute atomic E-state index is 0.106. The van der Waals surface area contributed by atoms with Crippen molar-refractivity contribution in [3.8, 4) is 0 Å². The molecule has 0 rings (SSSR count). The van der Waals surface area contributed by atoms with Gasteiger partial charge in [0, 0.05) is 5.33 Å². The maximum absolute atomic E-state index is 6.56. The summed E-state index contributed by atoms with van der Waals surface area (Å²) >= 11 is 3.44. The zero-order valence-corrected chi connectivity index (χ0v) is 15.1. The van der Waals surface area contributed by atoms with E-state index in [2.05, 4.69) is 75.8 Å². The monoisotopic (exact) mass is 320 g/mol. The van der Waals surface area contributed by atoms with E-state index in [0.29, 0.717) is 0 Å². The Morgan fingerprint density at radius 2 is 1.71 bits per heavy atom. The van der Waals surface area contributed by atoms with Gasteiger partial charge in [0.15, 0.2) is 8.32 Å². The van der Waals surface area contributed by atoms with Crippen molar-refractivity contribution in [2.24, 2.45) is 0 Å². The third-order valence-electron chi connectivity index (χ3n) is 3.60. The fraction of sp³-hybridized carbons (Fsp3) is 0.857. The Balaban J connectivity index is 4.93. The zero-order valence-electron chi connectivity index (χ0n) is 12.6. The van der Waals surface area contributed by atoms with Gasteiger partial charge in [-0.2, -0.15) is 0 Å². The Bertz CT molecular complexity index is 255. The first-order chi connectivity index (χ1) is 7.58. The lowest BCUT2D eigenvalue weighted by Crippen LogP contribution is -2.47. The van der Waals surface area contributed by atoms with Crippen LogP contribution in [0.5, 0.6) is 0 Å². The molecule has 0 aromatic carbocycles. The van der Waals surface area contributed by atoms with Crippen molar-refractivity contribution in [1.82, 2.24) is 0 Å². The summed E-state index contributed by atoms with van der Waals surface area (Å²) in [6.45, 7) is 16.0. The SMILES string of the molecule is CCCC(C)(C=CCBr)O[Si](C)(C)C(C)(C)C. The predicted octanol–water partition coefficient (Wildman–Crippen LogP) is 5.52. The normalized spacial score (nSPS) is 17.4. The smallest absolute Gasteiger partial charge is 0.193 e. The van der Waals surface area contributed by atoms with Gasteiger partial charge in [-0.25, -0.2) is 0 Å². The van der Waals surface area contributed by atoms with E-state index in [0.717, 1.165) is 18.2 Å². The molecule has 0 spiro atoms. The zero-order chi connectivity index (χ0) is 13.7. The van der Waals surface area contributed by atoms with E-state index in [1.165, 1.54) is 0 Å². The lowest BCUT2D eigenvalue weighted by molar-refractivity contribution is 0.111. The van der Waals surface area contributed by atoms with Crippen molar-refractivity contribution in [2.45, 2.75) is 71.2 Å². The van der Waals surface area contributed by atoms with Crippen LogP contribution in [0.4, 0.5) is 0 Å². The number of rotatable bonds is 6. The highest BCUT2D eigenvalue weighted by Gasteiger charge is 2.41. The largest absolute Gasteiger partial charge is 0.408 e. The first-order valence-corrected chi connectivity index (χ1v) is 10.5. The summed E-state index contributed by atoms with van der Waals surface area (Å²) in [7, 11) is -1.69. The number of allylic oxidation sites excluding steroid dienone is 1. The van der Waals surface area contributed by atoms with Crippen LogP contribution in [-0.2, 0) is 4.43 Å². The van der Waals surface area contributed by atoms with Crippen LogP contribution in [0.25, 0.3) is 0 Å². The van der Waals surface area contributed by atoms with Crippen LogP contribution in [0.3, 0.4) is 0 Å². The van der Waals surface area contributed by atoms with Gasteiger partial charge in [0.2, 0.25) is 0 Å². The van der Waals surface area contributed by atoms with Crippen LogP contribution >= 0.6 is 15.9 Å². The van der Waals surface area contributed by atoms with E-state index >= 15 is 0 Å². The summed E-state index contributed by atoms with van der Waals surface area (Å²) in [5, 5.41) is 1.16. The molecule has 102 valence electrons. The second kappa shape index (κ2) is 6.53. The molecule has 0 aromatic heterocycles.